The molecule has 6 aromatic rings. The molecule has 0 saturated carbocycles. The molecule has 3 N–H and O–H groups in total. The molecular formula is C53H51IN6O8S2. The maximum absolute atomic E-state index is 14.8. The maximum atomic E-state index is 14.8. The fourth-order valence-corrected chi connectivity index (χ4v) is 11.6. The van der Waals surface area contributed by atoms with E-state index in [1.807, 2.05) is 115 Å². The third kappa shape index (κ3) is 10.7. The molecule has 2 amide bonds. The Hall–Kier alpha value is -6.38. The zero-order valence-corrected chi connectivity index (χ0v) is 42.1. The number of rotatable bonds is 18. The number of ether oxygens (including phenoxy) is 2. The number of morpholine rings is 1. The number of aromatic nitrogens is 1. The smallest absolute Gasteiger partial charge is 0.352 e. The van der Waals surface area contributed by atoms with E-state index >= 15 is 0 Å². The summed E-state index contributed by atoms with van der Waals surface area (Å²) in [6, 6.07) is 48.3. The fourth-order valence-electron chi connectivity index (χ4n) is 9.11. The number of thiazole rings is 1. The number of aliphatic carboxylic acids is 1. The fraction of sp³-hybridized carbons (Fsp3) is 0.245. The summed E-state index contributed by atoms with van der Waals surface area (Å²) in [5, 5.41) is 22.6. The zero-order valence-electron chi connectivity index (χ0n) is 38.1. The topological polar surface area (TPSA) is 172 Å². The second-order valence-corrected chi connectivity index (χ2v) is 18.7. The van der Waals surface area contributed by atoms with Crippen LogP contribution in [-0.4, -0.2) is 112 Å². The minimum absolute atomic E-state index is 0. The number of carboxylic acid groups (broad SMARTS) is 1. The molecule has 0 bridgehead atoms. The molecule has 0 radical (unpaired) electrons. The van der Waals surface area contributed by atoms with Crippen molar-refractivity contribution in [2.24, 2.45) is 5.16 Å². The average molecular weight is 1090 g/mol. The number of halogens is 1. The summed E-state index contributed by atoms with van der Waals surface area (Å²) in [5.74, 6) is -3.76. The zero-order chi connectivity index (χ0) is 47.7. The van der Waals surface area contributed by atoms with Gasteiger partial charge in [0.15, 0.2) is 10.8 Å². The van der Waals surface area contributed by atoms with Crippen LogP contribution in [0.15, 0.2) is 173 Å². The molecule has 3 aliphatic heterocycles. The van der Waals surface area contributed by atoms with Crippen LogP contribution in [0.2, 0.25) is 0 Å². The number of nitrogens with zero attached hydrogens (tertiary/aromatic N) is 4. The van der Waals surface area contributed by atoms with Crippen molar-refractivity contribution in [3.63, 3.8) is 0 Å². The third-order valence-electron chi connectivity index (χ3n) is 12.4. The minimum atomic E-state index is -1.36. The summed E-state index contributed by atoms with van der Waals surface area (Å²) in [5.41, 5.74) is 3.77. The van der Waals surface area contributed by atoms with Gasteiger partial charge >= 0.3 is 11.9 Å². The normalized spacial score (nSPS) is 18.3. The van der Waals surface area contributed by atoms with Crippen molar-refractivity contribution in [1.29, 1.82) is 0 Å². The van der Waals surface area contributed by atoms with Gasteiger partial charge in [0.25, 0.3) is 11.8 Å². The second kappa shape index (κ2) is 23.0. The first-order valence-corrected chi connectivity index (χ1v) is 24.4. The number of hydrogen-bond donors (Lipinski definition) is 3. The number of hydrogen-bond acceptors (Lipinski definition) is 13. The second-order valence-electron chi connectivity index (χ2n) is 16.6. The van der Waals surface area contributed by atoms with E-state index in [1.165, 1.54) is 34.9 Å². The van der Waals surface area contributed by atoms with Crippen molar-refractivity contribution >= 4 is 81.7 Å². The monoisotopic (exact) mass is 1090 g/mol. The number of benzene rings is 5. The number of anilines is 1. The molecule has 2 fully saturated rings. The quantitative estimate of drug-likeness (QED) is 0.0146. The van der Waals surface area contributed by atoms with Crippen LogP contribution in [0.4, 0.5) is 5.13 Å². The lowest BCUT2D eigenvalue weighted by molar-refractivity contribution is -0.150. The molecule has 14 nitrogen and oxygen atoms in total. The van der Waals surface area contributed by atoms with Gasteiger partial charge in [0.2, 0.25) is 0 Å². The van der Waals surface area contributed by atoms with Crippen LogP contribution in [0.1, 0.15) is 46.4 Å². The Morgan fingerprint density at radius 1 is 0.829 bits per heavy atom. The van der Waals surface area contributed by atoms with Gasteiger partial charge < -0.3 is 30.1 Å². The van der Waals surface area contributed by atoms with Gasteiger partial charge in [0, 0.05) is 48.7 Å². The van der Waals surface area contributed by atoms with Crippen LogP contribution < -0.4 is 10.6 Å². The molecule has 2 saturated heterocycles. The first kappa shape index (κ1) is 50.0. The van der Waals surface area contributed by atoms with Crippen LogP contribution in [0.25, 0.3) is 0 Å². The minimum Gasteiger partial charge on any atom is -0.477 e. The van der Waals surface area contributed by atoms with Crippen LogP contribution in [-0.2, 0) is 39.0 Å². The SMILES string of the molecule is CC(=O)OCC1=C(C(=O)O)N2C(=O)C(NC(=O)C(=NOCCN3CCOCC3)c3csc(NC(c4ccccc4)(c4ccccc4)c4ccccc4)n3)[C@H]2SC1C(c1ccccc1)c1ccccc1.I. The molecule has 0 aliphatic carbocycles. The van der Waals surface area contributed by atoms with E-state index in [-0.39, 0.29) is 59.9 Å². The molecule has 360 valence electrons. The number of β-lactam (4-membered cyclic amide) rings is 1. The van der Waals surface area contributed by atoms with Crippen molar-refractivity contribution in [2.75, 3.05) is 51.4 Å². The Labute approximate surface area is 431 Å². The Morgan fingerprint density at radius 3 is 1.87 bits per heavy atom. The summed E-state index contributed by atoms with van der Waals surface area (Å²) in [4.78, 5) is 68.8. The van der Waals surface area contributed by atoms with E-state index in [4.69, 9.17) is 19.3 Å². The molecule has 0 spiro atoms. The van der Waals surface area contributed by atoms with Gasteiger partial charge in [0.05, 0.1) is 13.2 Å². The summed E-state index contributed by atoms with van der Waals surface area (Å²) in [6.45, 7) is 4.29. The number of fused-ring (bicyclic) bond motifs is 1. The number of esters is 1. The number of carbonyl (C=O) groups excluding carboxylic acids is 3. The highest BCUT2D eigenvalue weighted by Crippen LogP contribution is 2.51. The lowest BCUT2D eigenvalue weighted by Crippen LogP contribution is -2.71. The van der Waals surface area contributed by atoms with Gasteiger partial charge in [-0.3, -0.25) is 24.2 Å². The molecule has 5 aromatic carbocycles. The standard InChI is InChI=1S/C53H50N6O8S2.HI/c1-35(60)66-33-41-46(51(63)64)59-49(62)45(50(59)69-47(41)43(36-17-7-2-8-18-36)37-19-9-3-10-20-37)55-48(61)44(57-67-32-29-58-27-30-65-31-28-58)42-34-68-52(54-42)56-53(38-21-11-4-12-22-38,39-23-13-5-14-24-39)40-25-15-6-16-26-40;/h2-26,34,43,45,47,50H,27-33H2,1H3,(H,54,56)(H,55,61)(H,63,64);1H/t45?,47?,50-;/m1./s1. The molecule has 1 aromatic heterocycles. The van der Waals surface area contributed by atoms with Gasteiger partial charge in [-0.05, 0) is 27.8 Å². The van der Waals surface area contributed by atoms with Crippen LogP contribution in [0.3, 0.4) is 0 Å². The van der Waals surface area contributed by atoms with Crippen molar-refractivity contribution in [3.8, 4) is 0 Å². The van der Waals surface area contributed by atoms with Crippen molar-refractivity contribution < 1.29 is 38.6 Å². The molecule has 3 atom stereocenters. The highest BCUT2D eigenvalue weighted by Gasteiger charge is 2.58. The Kier molecular flexibility index (Phi) is 16.5. The number of amides is 2. The molecular weight excluding hydrogens is 1040 g/mol. The van der Waals surface area contributed by atoms with Gasteiger partial charge in [-0.1, -0.05) is 157 Å². The number of carbonyl (C=O) groups is 4. The summed E-state index contributed by atoms with van der Waals surface area (Å²) >= 11 is 2.62. The van der Waals surface area contributed by atoms with Crippen molar-refractivity contribution in [2.45, 2.75) is 35.0 Å². The lowest BCUT2D eigenvalue weighted by Gasteiger charge is -2.52. The van der Waals surface area contributed by atoms with E-state index in [0.717, 1.165) is 40.9 Å². The number of thioether (sulfide) groups is 1. The Morgan fingerprint density at radius 2 is 1.36 bits per heavy atom. The first-order valence-electron chi connectivity index (χ1n) is 22.6. The number of oxime groups is 1. The molecule has 3 aliphatic rings. The Balaban J connectivity index is 0.00000659. The van der Waals surface area contributed by atoms with Crippen molar-refractivity contribution in [3.05, 3.63) is 202 Å². The molecule has 2 unspecified atom stereocenters. The van der Waals surface area contributed by atoms with Gasteiger partial charge in [-0.25, -0.2) is 9.78 Å². The van der Waals surface area contributed by atoms with Gasteiger partial charge in [-0.15, -0.1) is 47.1 Å². The predicted octanol–water partition coefficient (Wildman–Crippen LogP) is 7.72. The number of nitrogens with one attached hydrogen (secondary N) is 2. The van der Waals surface area contributed by atoms with E-state index in [0.29, 0.717) is 24.9 Å². The van der Waals surface area contributed by atoms with Gasteiger partial charge in [-0.2, -0.15) is 0 Å². The van der Waals surface area contributed by atoms with Crippen molar-refractivity contribution in [1.82, 2.24) is 20.1 Å². The van der Waals surface area contributed by atoms with E-state index in [9.17, 15) is 24.3 Å². The first-order chi connectivity index (χ1) is 33.7. The van der Waals surface area contributed by atoms with E-state index in [1.54, 1.807) is 5.38 Å². The third-order valence-corrected chi connectivity index (χ3v) is 14.8. The van der Waals surface area contributed by atoms with E-state index in [2.05, 4.69) is 57.1 Å². The number of carboxylic acids is 1. The highest BCUT2D eigenvalue weighted by molar-refractivity contribution is 14.0. The maximum Gasteiger partial charge on any atom is 0.352 e. The average Bonchev–Trinajstić information content (AvgIpc) is 3.85. The summed E-state index contributed by atoms with van der Waals surface area (Å²) < 4.78 is 11.0. The molecule has 70 heavy (non-hydrogen) atoms. The summed E-state index contributed by atoms with van der Waals surface area (Å²) in [6.07, 6.45) is 0. The summed E-state index contributed by atoms with van der Waals surface area (Å²) in [7, 11) is 0. The molecule has 4 heterocycles. The highest BCUT2D eigenvalue weighted by atomic mass is 127. The predicted molar refractivity (Wildman–Crippen MR) is 280 cm³/mol. The van der Waals surface area contributed by atoms with Crippen LogP contribution >= 0.6 is 47.1 Å². The Bertz CT molecular complexity index is 2680. The van der Waals surface area contributed by atoms with Crippen LogP contribution in [0, 0.1) is 0 Å². The van der Waals surface area contributed by atoms with E-state index < -0.39 is 51.9 Å². The molecule has 17 heteroatoms. The van der Waals surface area contributed by atoms with Gasteiger partial charge in [0.1, 0.15) is 41.6 Å². The molecule has 9 rings (SSSR count). The lowest BCUT2D eigenvalue weighted by atomic mass is 9.77. The largest absolute Gasteiger partial charge is 0.477 e. The van der Waals surface area contributed by atoms with Crippen LogP contribution in [0.5, 0.6) is 0 Å².